The first-order chi connectivity index (χ1) is 6.91. The summed E-state index contributed by atoms with van der Waals surface area (Å²) in [6.45, 7) is 3.23. The van der Waals surface area contributed by atoms with E-state index in [1.807, 2.05) is 13.8 Å². The number of aliphatic carboxylic acids is 1. The first-order valence-electron chi connectivity index (χ1n) is 4.11. The molecule has 0 unspecified atom stereocenters. The smallest absolute Gasteiger partial charge is 0.323 e. The van der Waals surface area contributed by atoms with Gasteiger partial charge in [-0.2, -0.15) is 0 Å². The molecule has 1 aliphatic rings. The van der Waals surface area contributed by atoms with Crippen molar-refractivity contribution in [3.63, 3.8) is 0 Å². The summed E-state index contributed by atoms with van der Waals surface area (Å²) in [5, 5.41) is 8.58. The van der Waals surface area contributed by atoms with Crippen molar-refractivity contribution in [1.82, 2.24) is 4.90 Å². The number of hydrogen-bond acceptors (Lipinski definition) is 4. The van der Waals surface area contributed by atoms with E-state index >= 15 is 0 Å². The van der Waals surface area contributed by atoms with Crippen LogP contribution in [0.4, 0.5) is 0 Å². The van der Waals surface area contributed by atoms with E-state index < -0.39 is 12.5 Å². The standard InChI is InChI=1S/C9H9NO3S2/c1-5(2)3-6-8(13)10(4-7(11)12)9(14)15-6/h4H2,1-2H3,(H,11,12). The van der Waals surface area contributed by atoms with Gasteiger partial charge in [0.25, 0.3) is 5.91 Å². The van der Waals surface area contributed by atoms with Crippen molar-refractivity contribution in [2.45, 2.75) is 13.8 Å². The molecule has 0 atom stereocenters. The van der Waals surface area contributed by atoms with E-state index in [2.05, 4.69) is 5.73 Å². The van der Waals surface area contributed by atoms with Gasteiger partial charge in [-0.3, -0.25) is 14.5 Å². The quantitative estimate of drug-likeness (QED) is 0.451. The van der Waals surface area contributed by atoms with Gasteiger partial charge in [-0.25, -0.2) is 0 Å². The van der Waals surface area contributed by atoms with Gasteiger partial charge in [0.05, 0.1) is 0 Å². The van der Waals surface area contributed by atoms with Crippen molar-refractivity contribution in [3.8, 4) is 0 Å². The maximum Gasteiger partial charge on any atom is 0.323 e. The minimum Gasteiger partial charge on any atom is -0.480 e. The molecule has 80 valence electrons. The number of carbonyl (C=O) groups is 2. The fourth-order valence-electron chi connectivity index (χ4n) is 0.969. The number of amides is 1. The van der Waals surface area contributed by atoms with Crippen molar-refractivity contribution in [1.29, 1.82) is 0 Å². The molecule has 0 aliphatic carbocycles. The summed E-state index contributed by atoms with van der Waals surface area (Å²) in [5.41, 5.74) is 3.70. The molecule has 1 saturated heterocycles. The average Bonchev–Trinajstić information content (AvgIpc) is 2.31. The fourth-order valence-corrected chi connectivity index (χ4v) is 2.25. The lowest BCUT2D eigenvalue weighted by Gasteiger charge is -2.09. The highest BCUT2D eigenvalue weighted by molar-refractivity contribution is 8.26. The summed E-state index contributed by atoms with van der Waals surface area (Å²) >= 11 is 5.98. The maximum atomic E-state index is 11.6. The molecule has 1 heterocycles. The van der Waals surface area contributed by atoms with E-state index in [0.29, 0.717) is 4.91 Å². The molecule has 1 aliphatic heterocycles. The lowest BCUT2D eigenvalue weighted by molar-refractivity contribution is -0.140. The third kappa shape index (κ3) is 2.92. The van der Waals surface area contributed by atoms with E-state index in [1.54, 1.807) is 0 Å². The Labute approximate surface area is 96.6 Å². The first kappa shape index (κ1) is 12.0. The van der Waals surface area contributed by atoms with Crippen molar-refractivity contribution < 1.29 is 14.7 Å². The fraction of sp³-hybridized carbons (Fsp3) is 0.333. The molecule has 0 aromatic carbocycles. The van der Waals surface area contributed by atoms with Crippen LogP contribution in [0.25, 0.3) is 0 Å². The third-order valence-electron chi connectivity index (χ3n) is 1.51. The molecule has 1 rings (SSSR count). The normalized spacial score (nSPS) is 15.6. The second-order valence-corrected chi connectivity index (χ2v) is 4.75. The summed E-state index contributed by atoms with van der Waals surface area (Å²) < 4.78 is 0.270. The zero-order valence-electron chi connectivity index (χ0n) is 8.23. The second-order valence-electron chi connectivity index (χ2n) is 3.11. The summed E-state index contributed by atoms with van der Waals surface area (Å²) in [6.07, 6.45) is 0. The van der Waals surface area contributed by atoms with Gasteiger partial charge in [0.15, 0.2) is 0 Å². The van der Waals surface area contributed by atoms with Crippen molar-refractivity contribution >= 4 is 40.2 Å². The Balaban J connectivity index is 2.99. The van der Waals surface area contributed by atoms with Crippen LogP contribution in [-0.2, 0) is 9.59 Å². The minimum atomic E-state index is -1.08. The monoisotopic (exact) mass is 243 g/mol. The SMILES string of the molecule is CC(C)=C=C1SC(=S)N(CC(=O)O)C1=O. The van der Waals surface area contributed by atoms with E-state index in [1.165, 1.54) is 0 Å². The van der Waals surface area contributed by atoms with Crippen LogP contribution in [0.2, 0.25) is 0 Å². The molecule has 0 aromatic heterocycles. The van der Waals surface area contributed by atoms with E-state index in [-0.39, 0.29) is 10.2 Å². The Morgan fingerprint density at radius 2 is 2.20 bits per heavy atom. The van der Waals surface area contributed by atoms with Crippen LogP contribution in [0.15, 0.2) is 16.2 Å². The lowest BCUT2D eigenvalue weighted by Crippen LogP contribution is -2.33. The number of carboxylic acids is 1. The molecule has 1 N–H and O–H groups in total. The van der Waals surface area contributed by atoms with Crippen LogP contribution in [0.5, 0.6) is 0 Å². The van der Waals surface area contributed by atoms with Gasteiger partial charge >= 0.3 is 5.97 Å². The number of thiocarbonyl (C=S) groups is 1. The summed E-state index contributed by atoms with van der Waals surface area (Å²) in [7, 11) is 0. The second kappa shape index (κ2) is 4.61. The van der Waals surface area contributed by atoms with Gasteiger partial charge < -0.3 is 5.11 Å². The van der Waals surface area contributed by atoms with Gasteiger partial charge in [0.2, 0.25) is 0 Å². The van der Waals surface area contributed by atoms with Gasteiger partial charge in [-0.1, -0.05) is 12.2 Å². The Hall–Kier alpha value is -1.10. The van der Waals surface area contributed by atoms with Gasteiger partial charge in [-0.05, 0) is 31.2 Å². The molecule has 0 saturated carbocycles. The molecule has 15 heavy (non-hydrogen) atoms. The number of rotatable bonds is 2. The number of nitrogens with zero attached hydrogens (tertiary/aromatic N) is 1. The van der Waals surface area contributed by atoms with Crippen LogP contribution < -0.4 is 0 Å². The van der Waals surface area contributed by atoms with Gasteiger partial charge in [0, 0.05) is 0 Å². The van der Waals surface area contributed by atoms with Gasteiger partial charge in [-0.15, -0.1) is 5.73 Å². The number of hydrogen-bond donors (Lipinski definition) is 1. The third-order valence-corrected chi connectivity index (χ3v) is 2.85. The topological polar surface area (TPSA) is 57.6 Å². The Morgan fingerprint density at radius 3 is 2.67 bits per heavy atom. The number of carbonyl (C=O) groups excluding carboxylic acids is 1. The van der Waals surface area contributed by atoms with Crippen LogP contribution in [-0.4, -0.2) is 32.7 Å². The molecular weight excluding hydrogens is 234 g/mol. The zero-order valence-corrected chi connectivity index (χ0v) is 9.87. The summed E-state index contributed by atoms with van der Waals surface area (Å²) in [6, 6.07) is 0. The number of thioether (sulfide) groups is 1. The average molecular weight is 243 g/mol. The molecule has 1 amide bonds. The highest BCUT2D eigenvalue weighted by atomic mass is 32.2. The Bertz CT molecular complexity index is 404. The van der Waals surface area contributed by atoms with Crippen molar-refractivity contribution in [2.24, 2.45) is 0 Å². The molecule has 0 bridgehead atoms. The van der Waals surface area contributed by atoms with E-state index in [4.69, 9.17) is 17.3 Å². The molecular formula is C9H9NO3S2. The zero-order chi connectivity index (χ0) is 11.6. The van der Waals surface area contributed by atoms with Gasteiger partial charge in [0.1, 0.15) is 15.8 Å². The highest BCUT2D eigenvalue weighted by Crippen LogP contribution is 2.29. The Kier molecular flexibility index (Phi) is 3.68. The maximum absolute atomic E-state index is 11.6. The van der Waals surface area contributed by atoms with Crippen molar-refractivity contribution in [2.75, 3.05) is 6.54 Å². The Morgan fingerprint density at radius 1 is 1.60 bits per heavy atom. The molecule has 0 spiro atoms. The van der Waals surface area contributed by atoms with E-state index in [9.17, 15) is 9.59 Å². The lowest BCUT2D eigenvalue weighted by atomic mass is 10.3. The van der Waals surface area contributed by atoms with E-state index in [0.717, 1.165) is 22.2 Å². The van der Waals surface area contributed by atoms with Crippen LogP contribution in [0, 0.1) is 0 Å². The van der Waals surface area contributed by atoms with Crippen LogP contribution in [0.3, 0.4) is 0 Å². The predicted molar refractivity (Wildman–Crippen MR) is 61.4 cm³/mol. The molecule has 0 radical (unpaired) electrons. The minimum absolute atomic E-state index is 0.270. The van der Waals surface area contributed by atoms with Crippen LogP contribution >= 0.6 is 24.0 Å². The number of carboxylic acid groups (broad SMARTS) is 1. The van der Waals surface area contributed by atoms with Crippen LogP contribution in [0.1, 0.15) is 13.8 Å². The summed E-state index contributed by atoms with van der Waals surface area (Å²) in [5.74, 6) is -1.46. The molecule has 4 nitrogen and oxygen atoms in total. The largest absolute Gasteiger partial charge is 0.480 e. The molecule has 0 aromatic rings. The summed E-state index contributed by atoms with van der Waals surface area (Å²) in [4.78, 5) is 23.5. The highest BCUT2D eigenvalue weighted by Gasteiger charge is 2.33. The molecule has 6 heteroatoms. The predicted octanol–water partition coefficient (Wildman–Crippen LogP) is 1.38. The molecule has 1 fully saturated rings. The first-order valence-corrected chi connectivity index (χ1v) is 5.34. The van der Waals surface area contributed by atoms with Crippen molar-refractivity contribution in [3.05, 3.63) is 16.2 Å².